The van der Waals surface area contributed by atoms with Gasteiger partial charge in [0.1, 0.15) is 0 Å². The molecule has 0 atom stereocenters. The Morgan fingerprint density at radius 2 is 1.59 bits per heavy atom. The first kappa shape index (κ1) is 14.9. The maximum Gasteiger partial charge on any atom is 0.414 e. The topological polar surface area (TPSA) is 155 Å². The normalized spacial score (nSPS) is 9.94. The van der Waals surface area contributed by atoms with Gasteiger partial charge >= 0.3 is 11.9 Å². The number of carbonyl (C=O) groups is 2. The molecule has 1 aromatic rings. The van der Waals surface area contributed by atoms with Gasteiger partial charge in [-0.15, -0.1) is 0 Å². The summed E-state index contributed by atoms with van der Waals surface area (Å²) in [6.45, 7) is 0. The van der Waals surface area contributed by atoms with Gasteiger partial charge in [0.2, 0.25) is 0 Å². The molecule has 17 heavy (non-hydrogen) atoms. The van der Waals surface area contributed by atoms with Crippen molar-refractivity contribution in [3.63, 3.8) is 0 Å². The Morgan fingerprint density at radius 1 is 1.12 bits per heavy atom. The van der Waals surface area contributed by atoms with Crippen LogP contribution in [0, 0.1) is 0 Å². The summed E-state index contributed by atoms with van der Waals surface area (Å²) in [5.74, 6) is -3.65. The first-order valence-electron chi connectivity index (χ1n) is 3.94. The highest BCUT2D eigenvalue weighted by Crippen LogP contribution is 2.11. The molecule has 0 aromatic heterocycles. The molecule has 0 aliphatic rings. The minimum absolute atomic E-state index is 0.183. The lowest BCUT2D eigenvalue weighted by atomic mass is 10.3. The first-order chi connectivity index (χ1) is 7.64. The number of nitrogen functional groups attached to an aromatic ring is 1. The summed E-state index contributed by atoms with van der Waals surface area (Å²) < 4.78 is 29.5. The van der Waals surface area contributed by atoms with Crippen LogP contribution in [0.5, 0.6) is 0 Å². The van der Waals surface area contributed by atoms with E-state index in [-0.39, 0.29) is 4.90 Å². The molecule has 0 aliphatic heterocycles. The summed E-state index contributed by atoms with van der Waals surface area (Å²) in [6, 6.07) is 5.45. The molecule has 0 aliphatic carbocycles. The van der Waals surface area contributed by atoms with Gasteiger partial charge in [-0.1, -0.05) is 6.07 Å². The molecule has 0 saturated heterocycles. The van der Waals surface area contributed by atoms with Crippen LogP contribution < -0.4 is 5.73 Å². The number of nitrogens with two attached hydrogens (primary N) is 1. The number of rotatable bonds is 1. The van der Waals surface area contributed by atoms with Crippen molar-refractivity contribution in [3.05, 3.63) is 24.3 Å². The van der Waals surface area contributed by atoms with E-state index in [9.17, 15) is 8.42 Å². The molecule has 5 N–H and O–H groups in total. The molecular weight excluding hydrogens is 254 g/mol. The largest absolute Gasteiger partial charge is 0.473 e. The Bertz CT molecular complexity index is 510. The first-order valence-corrected chi connectivity index (χ1v) is 5.38. The van der Waals surface area contributed by atoms with Crippen LogP contribution >= 0.6 is 0 Å². The zero-order valence-corrected chi connectivity index (χ0v) is 9.09. The highest BCUT2D eigenvalue weighted by atomic mass is 32.2. The SMILES string of the molecule is Nc1cccc(S(=O)(=O)O)c1.O=C(O)C(=O)O. The molecular formula is C8H9NO7S. The number of anilines is 1. The molecule has 0 fully saturated rings. The van der Waals surface area contributed by atoms with Crippen LogP contribution in [-0.4, -0.2) is 35.1 Å². The third kappa shape index (κ3) is 6.12. The maximum absolute atomic E-state index is 10.5. The Labute approximate surface area is 96.0 Å². The van der Waals surface area contributed by atoms with Crippen LogP contribution in [0.4, 0.5) is 5.69 Å². The fourth-order valence-electron chi connectivity index (χ4n) is 0.675. The van der Waals surface area contributed by atoms with Crippen LogP contribution in [0.15, 0.2) is 29.2 Å². The van der Waals surface area contributed by atoms with Gasteiger partial charge < -0.3 is 15.9 Å². The van der Waals surface area contributed by atoms with Crippen LogP contribution in [0.2, 0.25) is 0 Å². The number of aliphatic carboxylic acids is 2. The number of hydrogen-bond donors (Lipinski definition) is 4. The van der Waals surface area contributed by atoms with Crippen molar-refractivity contribution >= 4 is 27.7 Å². The molecule has 0 bridgehead atoms. The lowest BCUT2D eigenvalue weighted by Crippen LogP contribution is -2.09. The Hall–Kier alpha value is -2.13. The number of hydrogen-bond acceptors (Lipinski definition) is 5. The average molecular weight is 263 g/mol. The second kappa shape index (κ2) is 5.82. The van der Waals surface area contributed by atoms with Crippen molar-refractivity contribution in [2.45, 2.75) is 4.90 Å². The highest BCUT2D eigenvalue weighted by molar-refractivity contribution is 7.85. The summed E-state index contributed by atoms with van der Waals surface area (Å²) in [5.41, 5.74) is 5.59. The Morgan fingerprint density at radius 3 is 1.82 bits per heavy atom. The van der Waals surface area contributed by atoms with E-state index < -0.39 is 22.1 Å². The average Bonchev–Trinajstić information content (AvgIpc) is 2.17. The number of carboxylic acids is 2. The van der Waals surface area contributed by atoms with E-state index in [0.717, 1.165) is 0 Å². The van der Waals surface area contributed by atoms with Crippen LogP contribution in [0.3, 0.4) is 0 Å². The van der Waals surface area contributed by atoms with Gasteiger partial charge in [0.15, 0.2) is 0 Å². The smallest absolute Gasteiger partial charge is 0.414 e. The second-order valence-electron chi connectivity index (χ2n) is 2.66. The third-order valence-corrected chi connectivity index (χ3v) is 2.19. The molecule has 0 amide bonds. The van der Waals surface area contributed by atoms with Crippen molar-refractivity contribution in [1.82, 2.24) is 0 Å². The summed E-state index contributed by atoms with van der Waals surface area (Å²) in [5, 5.41) is 14.8. The molecule has 8 nitrogen and oxygen atoms in total. The molecule has 0 saturated carbocycles. The summed E-state index contributed by atoms with van der Waals surface area (Å²) in [4.78, 5) is 18.0. The summed E-state index contributed by atoms with van der Waals surface area (Å²) >= 11 is 0. The summed E-state index contributed by atoms with van der Waals surface area (Å²) in [6.07, 6.45) is 0. The summed E-state index contributed by atoms with van der Waals surface area (Å²) in [7, 11) is -4.11. The predicted molar refractivity (Wildman–Crippen MR) is 55.9 cm³/mol. The Balaban J connectivity index is 0.000000366. The van der Waals surface area contributed by atoms with Gasteiger partial charge in [0, 0.05) is 5.69 Å². The molecule has 9 heteroatoms. The molecule has 1 rings (SSSR count). The van der Waals surface area contributed by atoms with Gasteiger partial charge in [0.05, 0.1) is 4.90 Å². The standard InChI is InChI=1S/C6H7NO3S.C2H2O4/c7-5-2-1-3-6(4-5)11(8,9)10;3-1(4)2(5)6/h1-4H,7H2,(H,8,9,10);(H,3,4)(H,5,6). The Kier molecular flexibility index (Phi) is 5.09. The van der Waals surface area contributed by atoms with Gasteiger partial charge in [0.25, 0.3) is 10.1 Å². The quantitative estimate of drug-likeness (QED) is 0.305. The van der Waals surface area contributed by atoms with Crippen LogP contribution in [-0.2, 0) is 19.7 Å². The van der Waals surface area contributed by atoms with Gasteiger partial charge in [-0.05, 0) is 18.2 Å². The number of carboxylic acid groups (broad SMARTS) is 2. The van der Waals surface area contributed by atoms with E-state index in [1.807, 2.05) is 0 Å². The van der Waals surface area contributed by atoms with E-state index in [1.165, 1.54) is 24.3 Å². The minimum Gasteiger partial charge on any atom is -0.473 e. The highest BCUT2D eigenvalue weighted by Gasteiger charge is 2.07. The fraction of sp³-hybridized carbons (Fsp3) is 0. The van der Waals surface area contributed by atoms with E-state index in [2.05, 4.69) is 0 Å². The fourth-order valence-corrected chi connectivity index (χ4v) is 1.21. The third-order valence-electron chi connectivity index (χ3n) is 1.34. The van der Waals surface area contributed by atoms with E-state index >= 15 is 0 Å². The van der Waals surface area contributed by atoms with E-state index in [4.69, 9.17) is 30.1 Å². The predicted octanol–water partition coefficient (Wildman–Crippen LogP) is -0.329. The van der Waals surface area contributed by atoms with E-state index in [1.54, 1.807) is 0 Å². The van der Waals surface area contributed by atoms with Crippen LogP contribution in [0.25, 0.3) is 0 Å². The monoisotopic (exact) mass is 263 g/mol. The van der Waals surface area contributed by atoms with Crippen molar-refractivity contribution in [3.8, 4) is 0 Å². The van der Waals surface area contributed by atoms with Crippen LogP contribution in [0.1, 0.15) is 0 Å². The molecule has 0 heterocycles. The molecule has 94 valence electrons. The molecule has 0 radical (unpaired) electrons. The molecule has 0 unspecified atom stereocenters. The lowest BCUT2D eigenvalue weighted by Gasteiger charge is -1.96. The van der Waals surface area contributed by atoms with Crippen molar-refractivity contribution in [1.29, 1.82) is 0 Å². The van der Waals surface area contributed by atoms with Crippen molar-refractivity contribution < 1.29 is 32.8 Å². The molecule has 1 aromatic carbocycles. The van der Waals surface area contributed by atoms with Gasteiger partial charge in [-0.25, -0.2) is 9.59 Å². The van der Waals surface area contributed by atoms with Crippen molar-refractivity contribution in [2.24, 2.45) is 0 Å². The second-order valence-corrected chi connectivity index (χ2v) is 4.08. The zero-order valence-electron chi connectivity index (χ0n) is 8.27. The van der Waals surface area contributed by atoms with Gasteiger partial charge in [-0.3, -0.25) is 4.55 Å². The van der Waals surface area contributed by atoms with Crippen molar-refractivity contribution in [2.75, 3.05) is 5.73 Å². The molecule has 0 spiro atoms. The maximum atomic E-state index is 10.5. The zero-order chi connectivity index (χ0) is 13.6. The van der Waals surface area contributed by atoms with Gasteiger partial charge in [-0.2, -0.15) is 8.42 Å². The number of benzene rings is 1. The minimum atomic E-state index is -4.11. The lowest BCUT2D eigenvalue weighted by molar-refractivity contribution is -0.159. The van der Waals surface area contributed by atoms with E-state index in [0.29, 0.717) is 5.69 Å².